The Labute approximate surface area is 189 Å². The standard InChI is InChI=1S/C25H30ClN3O2/c1-25(2)17-28(15-16-29(25)20-13-11-19(26)12-14-20)24(31)21-9-6-10-22(21)27-23(30)18-7-4-3-5-8-18/h3-5,7-8,11-14,21-22H,6,9-10,15-17H2,1-2H3,(H,27,30)/t21?,22-/m1/s1. The minimum Gasteiger partial charge on any atom is -0.363 e. The van der Waals surface area contributed by atoms with E-state index in [1.165, 1.54) is 0 Å². The number of nitrogens with one attached hydrogen (secondary N) is 1. The second-order valence-electron chi connectivity index (χ2n) is 9.18. The molecule has 0 spiro atoms. The van der Waals surface area contributed by atoms with E-state index >= 15 is 0 Å². The molecule has 2 fully saturated rings. The van der Waals surface area contributed by atoms with E-state index in [2.05, 4.69) is 24.1 Å². The molecular formula is C25H30ClN3O2. The molecule has 164 valence electrons. The first kappa shape index (κ1) is 21.7. The molecule has 2 aromatic carbocycles. The van der Waals surface area contributed by atoms with Gasteiger partial charge in [-0.15, -0.1) is 0 Å². The number of hydrogen-bond acceptors (Lipinski definition) is 3. The van der Waals surface area contributed by atoms with Gasteiger partial charge in [-0.3, -0.25) is 9.59 Å². The minimum absolute atomic E-state index is 0.0989. The summed E-state index contributed by atoms with van der Waals surface area (Å²) in [5.74, 6) is -0.0802. The van der Waals surface area contributed by atoms with Crippen LogP contribution in [0.4, 0.5) is 5.69 Å². The van der Waals surface area contributed by atoms with E-state index in [0.29, 0.717) is 18.7 Å². The number of carbonyl (C=O) groups is 2. The summed E-state index contributed by atoms with van der Waals surface area (Å²) >= 11 is 6.05. The van der Waals surface area contributed by atoms with Crippen molar-refractivity contribution in [3.8, 4) is 0 Å². The van der Waals surface area contributed by atoms with Crippen molar-refractivity contribution in [1.29, 1.82) is 0 Å². The first-order chi connectivity index (χ1) is 14.8. The first-order valence-electron chi connectivity index (χ1n) is 11.0. The maximum atomic E-state index is 13.4. The van der Waals surface area contributed by atoms with Gasteiger partial charge in [0.2, 0.25) is 5.91 Å². The fourth-order valence-electron chi connectivity index (χ4n) is 4.95. The van der Waals surface area contributed by atoms with Gasteiger partial charge in [-0.25, -0.2) is 0 Å². The van der Waals surface area contributed by atoms with E-state index in [0.717, 1.165) is 36.5 Å². The van der Waals surface area contributed by atoms with Gasteiger partial charge in [0.05, 0.1) is 11.5 Å². The van der Waals surface area contributed by atoms with Crippen LogP contribution in [0, 0.1) is 5.92 Å². The topological polar surface area (TPSA) is 52.7 Å². The van der Waals surface area contributed by atoms with Gasteiger partial charge in [0.25, 0.3) is 5.91 Å². The fourth-order valence-corrected chi connectivity index (χ4v) is 5.07. The predicted molar refractivity (Wildman–Crippen MR) is 124 cm³/mol. The Morgan fingerprint density at radius 2 is 1.71 bits per heavy atom. The van der Waals surface area contributed by atoms with E-state index in [9.17, 15) is 9.59 Å². The molecule has 1 unspecified atom stereocenters. The normalized spacial score (nSPS) is 22.9. The lowest BCUT2D eigenvalue weighted by Crippen LogP contribution is -2.62. The van der Waals surface area contributed by atoms with Gasteiger partial charge in [0.15, 0.2) is 0 Å². The molecule has 1 aliphatic heterocycles. The van der Waals surface area contributed by atoms with Gasteiger partial charge in [-0.05, 0) is 63.1 Å². The van der Waals surface area contributed by atoms with Crippen molar-refractivity contribution in [3.63, 3.8) is 0 Å². The van der Waals surface area contributed by atoms with Gasteiger partial charge < -0.3 is 15.1 Å². The number of amides is 2. The molecule has 0 bridgehead atoms. The summed E-state index contributed by atoms with van der Waals surface area (Å²) in [7, 11) is 0. The average molecular weight is 440 g/mol. The van der Waals surface area contributed by atoms with Crippen LogP contribution in [-0.4, -0.2) is 47.9 Å². The Morgan fingerprint density at radius 1 is 1.00 bits per heavy atom. The summed E-state index contributed by atoms with van der Waals surface area (Å²) in [4.78, 5) is 30.4. The van der Waals surface area contributed by atoms with Crippen LogP contribution in [-0.2, 0) is 4.79 Å². The van der Waals surface area contributed by atoms with E-state index in [4.69, 9.17) is 11.6 Å². The minimum atomic E-state index is -0.191. The van der Waals surface area contributed by atoms with Gasteiger partial charge in [-0.2, -0.15) is 0 Å². The number of piperazine rings is 1. The van der Waals surface area contributed by atoms with Crippen LogP contribution in [0.25, 0.3) is 0 Å². The lowest BCUT2D eigenvalue weighted by atomic mass is 9.94. The Hall–Kier alpha value is -2.53. The molecule has 2 amide bonds. The van der Waals surface area contributed by atoms with E-state index < -0.39 is 0 Å². The third-order valence-electron chi connectivity index (χ3n) is 6.54. The summed E-state index contributed by atoms with van der Waals surface area (Å²) < 4.78 is 0. The quantitative estimate of drug-likeness (QED) is 0.769. The van der Waals surface area contributed by atoms with Gasteiger partial charge in [0, 0.05) is 41.9 Å². The summed E-state index contributed by atoms with van der Waals surface area (Å²) in [6, 6.07) is 17.0. The molecule has 1 N–H and O–H groups in total. The fraction of sp³-hybridized carbons (Fsp3) is 0.440. The second-order valence-corrected chi connectivity index (χ2v) is 9.62. The Balaban J connectivity index is 1.42. The molecule has 0 aromatic heterocycles. The third kappa shape index (κ3) is 4.72. The lowest BCUT2D eigenvalue weighted by molar-refractivity contribution is -0.137. The predicted octanol–water partition coefficient (Wildman–Crippen LogP) is 4.37. The average Bonchev–Trinajstić information content (AvgIpc) is 3.22. The van der Waals surface area contributed by atoms with Crippen LogP contribution in [0.1, 0.15) is 43.5 Å². The molecule has 1 saturated heterocycles. The number of anilines is 1. The Bertz CT molecular complexity index is 930. The molecule has 6 heteroatoms. The van der Waals surface area contributed by atoms with Crippen molar-refractivity contribution in [2.45, 2.75) is 44.7 Å². The molecule has 4 rings (SSSR count). The molecule has 31 heavy (non-hydrogen) atoms. The maximum absolute atomic E-state index is 13.4. The largest absolute Gasteiger partial charge is 0.363 e. The van der Waals surface area contributed by atoms with E-state index in [1.54, 1.807) is 12.1 Å². The number of carbonyl (C=O) groups excluding carboxylic acids is 2. The smallest absolute Gasteiger partial charge is 0.251 e. The summed E-state index contributed by atoms with van der Waals surface area (Å²) in [5.41, 5.74) is 1.57. The van der Waals surface area contributed by atoms with Crippen molar-refractivity contribution in [3.05, 3.63) is 65.2 Å². The summed E-state index contributed by atoms with van der Waals surface area (Å²) in [5, 5.41) is 3.84. The van der Waals surface area contributed by atoms with Crippen molar-refractivity contribution in [2.75, 3.05) is 24.5 Å². The second kappa shape index (κ2) is 8.91. The molecule has 0 radical (unpaired) electrons. The van der Waals surface area contributed by atoms with Crippen LogP contribution in [0.2, 0.25) is 5.02 Å². The highest BCUT2D eigenvalue weighted by Crippen LogP contribution is 2.32. The zero-order chi connectivity index (χ0) is 22.0. The summed E-state index contributed by atoms with van der Waals surface area (Å²) in [6.45, 7) is 6.45. The van der Waals surface area contributed by atoms with Crippen LogP contribution >= 0.6 is 11.6 Å². The highest BCUT2D eigenvalue weighted by Gasteiger charge is 2.41. The van der Waals surface area contributed by atoms with Crippen LogP contribution < -0.4 is 10.2 Å². The monoisotopic (exact) mass is 439 g/mol. The molecule has 1 saturated carbocycles. The number of nitrogens with zero attached hydrogens (tertiary/aromatic N) is 2. The highest BCUT2D eigenvalue weighted by molar-refractivity contribution is 6.30. The highest BCUT2D eigenvalue weighted by atomic mass is 35.5. The van der Waals surface area contributed by atoms with Crippen LogP contribution in [0.3, 0.4) is 0 Å². The first-order valence-corrected chi connectivity index (χ1v) is 11.4. The van der Waals surface area contributed by atoms with Gasteiger partial charge >= 0.3 is 0 Å². The molecule has 2 aromatic rings. The van der Waals surface area contributed by atoms with Crippen molar-refractivity contribution < 1.29 is 9.59 Å². The van der Waals surface area contributed by atoms with E-state index in [-0.39, 0.29) is 29.3 Å². The SMILES string of the molecule is CC1(C)CN(C(=O)C2CCC[C@H]2NC(=O)c2ccccc2)CCN1c1ccc(Cl)cc1. The number of hydrogen-bond donors (Lipinski definition) is 1. The van der Waals surface area contributed by atoms with Gasteiger partial charge in [0.1, 0.15) is 0 Å². The van der Waals surface area contributed by atoms with Crippen molar-refractivity contribution >= 4 is 29.1 Å². The van der Waals surface area contributed by atoms with Crippen LogP contribution in [0.15, 0.2) is 54.6 Å². The van der Waals surface area contributed by atoms with Gasteiger partial charge in [-0.1, -0.05) is 36.2 Å². The number of halogens is 1. The zero-order valence-electron chi connectivity index (χ0n) is 18.2. The number of rotatable bonds is 4. The molecular weight excluding hydrogens is 410 g/mol. The zero-order valence-corrected chi connectivity index (χ0v) is 18.9. The Kier molecular flexibility index (Phi) is 6.24. The molecule has 2 aliphatic rings. The summed E-state index contributed by atoms with van der Waals surface area (Å²) in [6.07, 6.45) is 2.64. The Morgan fingerprint density at radius 3 is 2.39 bits per heavy atom. The van der Waals surface area contributed by atoms with Crippen molar-refractivity contribution in [1.82, 2.24) is 10.2 Å². The number of benzene rings is 2. The maximum Gasteiger partial charge on any atom is 0.251 e. The van der Waals surface area contributed by atoms with E-state index in [1.807, 2.05) is 47.4 Å². The molecule has 1 aliphatic carbocycles. The van der Waals surface area contributed by atoms with Crippen LogP contribution in [0.5, 0.6) is 0 Å². The molecule has 1 heterocycles. The molecule has 5 nitrogen and oxygen atoms in total. The molecule has 2 atom stereocenters. The lowest BCUT2D eigenvalue weighted by Gasteiger charge is -2.49. The van der Waals surface area contributed by atoms with Crippen molar-refractivity contribution in [2.24, 2.45) is 5.92 Å². The third-order valence-corrected chi connectivity index (χ3v) is 6.79.